The molecule has 1 amide bonds. The lowest BCUT2D eigenvalue weighted by atomic mass is 10.2. The Balaban J connectivity index is 1.64. The molecule has 1 N–H and O–H groups in total. The van der Waals surface area contributed by atoms with Gasteiger partial charge in [0.05, 0.1) is 11.6 Å². The van der Waals surface area contributed by atoms with E-state index in [1.54, 1.807) is 60.7 Å². The van der Waals surface area contributed by atoms with E-state index in [1.165, 1.54) is 12.1 Å². The number of carbonyl (C=O) groups excluding carboxylic acids is 1. The van der Waals surface area contributed by atoms with E-state index < -0.39 is 0 Å². The molecule has 128 valence electrons. The van der Waals surface area contributed by atoms with Crippen LogP contribution in [0.25, 0.3) is 0 Å². The summed E-state index contributed by atoms with van der Waals surface area (Å²) in [7, 11) is 0. The normalized spacial score (nSPS) is 10.0. The van der Waals surface area contributed by atoms with Crippen LogP contribution in [0.5, 0.6) is 5.75 Å². The van der Waals surface area contributed by atoms with Crippen molar-refractivity contribution in [1.29, 1.82) is 5.26 Å². The molecule has 0 radical (unpaired) electrons. The Bertz CT molecular complexity index is 945. The summed E-state index contributed by atoms with van der Waals surface area (Å²) in [5.74, 6) is -0.0287. The predicted molar refractivity (Wildman–Crippen MR) is 96.3 cm³/mol. The summed E-state index contributed by atoms with van der Waals surface area (Å²) in [6.07, 6.45) is 0. The zero-order chi connectivity index (χ0) is 18.4. The smallest absolute Gasteiger partial charge is 0.255 e. The first-order valence-corrected chi connectivity index (χ1v) is 7.93. The predicted octanol–water partition coefficient (Wildman–Crippen LogP) is 4.53. The SMILES string of the molecule is N#Cc1ccc(NC(=O)c2cccc(OCc3ccc(F)cc3)c2)cc1. The van der Waals surface area contributed by atoms with Crippen LogP contribution in [0.3, 0.4) is 0 Å². The summed E-state index contributed by atoms with van der Waals surface area (Å²) in [6, 6.07) is 21.5. The van der Waals surface area contributed by atoms with Crippen molar-refractivity contribution in [1.82, 2.24) is 0 Å². The van der Waals surface area contributed by atoms with Gasteiger partial charge in [-0.1, -0.05) is 18.2 Å². The topological polar surface area (TPSA) is 62.1 Å². The number of amides is 1. The number of rotatable bonds is 5. The molecule has 0 bridgehead atoms. The molecule has 0 atom stereocenters. The summed E-state index contributed by atoms with van der Waals surface area (Å²) in [6.45, 7) is 0.279. The van der Waals surface area contributed by atoms with Gasteiger partial charge in [-0.05, 0) is 60.2 Å². The molecule has 0 aliphatic heterocycles. The minimum absolute atomic E-state index is 0.276. The van der Waals surface area contributed by atoms with Crippen molar-refractivity contribution in [2.45, 2.75) is 6.61 Å². The second kappa shape index (κ2) is 7.95. The van der Waals surface area contributed by atoms with Crippen LogP contribution in [0.15, 0.2) is 72.8 Å². The van der Waals surface area contributed by atoms with Crippen molar-refractivity contribution < 1.29 is 13.9 Å². The Hall–Kier alpha value is -3.65. The second-order valence-electron chi connectivity index (χ2n) is 5.59. The average Bonchev–Trinajstić information content (AvgIpc) is 2.68. The molecule has 0 saturated carbocycles. The third-order valence-electron chi connectivity index (χ3n) is 3.69. The first kappa shape index (κ1) is 17.2. The van der Waals surface area contributed by atoms with Crippen molar-refractivity contribution in [3.63, 3.8) is 0 Å². The van der Waals surface area contributed by atoms with E-state index in [2.05, 4.69) is 5.32 Å². The van der Waals surface area contributed by atoms with Gasteiger partial charge in [-0.25, -0.2) is 4.39 Å². The Kier molecular flexibility index (Phi) is 5.25. The number of nitrogens with one attached hydrogen (secondary N) is 1. The highest BCUT2D eigenvalue weighted by atomic mass is 19.1. The van der Waals surface area contributed by atoms with Crippen molar-refractivity contribution in [3.8, 4) is 11.8 Å². The Morgan fingerprint density at radius 3 is 2.46 bits per heavy atom. The van der Waals surface area contributed by atoms with E-state index in [4.69, 9.17) is 10.00 Å². The summed E-state index contributed by atoms with van der Waals surface area (Å²) in [5.41, 5.74) is 2.41. The van der Waals surface area contributed by atoms with Gasteiger partial charge in [0, 0.05) is 11.3 Å². The minimum atomic E-state index is -0.296. The standard InChI is InChI=1S/C21H15FN2O2/c22-18-8-4-16(5-9-18)14-26-20-3-1-2-17(12-20)21(25)24-19-10-6-15(13-23)7-11-19/h1-12H,14H2,(H,24,25). The fraction of sp³-hybridized carbons (Fsp3) is 0.0476. The number of halogens is 1. The number of nitriles is 1. The number of nitrogens with zero attached hydrogens (tertiary/aromatic N) is 1. The van der Waals surface area contributed by atoms with E-state index in [-0.39, 0.29) is 18.3 Å². The second-order valence-corrected chi connectivity index (χ2v) is 5.59. The minimum Gasteiger partial charge on any atom is -0.489 e. The molecule has 4 nitrogen and oxygen atoms in total. The molecule has 3 aromatic carbocycles. The molecule has 3 rings (SSSR count). The zero-order valence-electron chi connectivity index (χ0n) is 13.8. The molecule has 0 fully saturated rings. The largest absolute Gasteiger partial charge is 0.489 e. The summed E-state index contributed by atoms with van der Waals surface area (Å²) < 4.78 is 18.6. The highest BCUT2D eigenvalue weighted by Gasteiger charge is 2.08. The number of carbonyl (C=O) groups is 1. The van der Waals surface area contributed by atoms with Gasteiger partial charge in [0.15, 0.2) is 0 Å². The molecule has 26 heavy (non-hydrogen) atoms. The lowest BCUT2D eigenvalue weighted by molar-refractivity contribution is 0.102. The number of anilines is 1. The number of hydrogen-bond donors (Lipinski definition) is 1. The van der Waals surface area contributed by atoms with Crippen LogP contribution < -0.4 is 10.1 Å². The third-order valence-corrected chi connectivity index (χ3v) is 3.69. The Labute approximate surface area is 150 Å². The lowest BCUT2D eigenvalue weighted by Gasteiger charge is -2.09. The maximum atomic E-state index is 12.9. The molecule has 0 aliphatic rings. The maximum Gasteiger partial charge on any atom is 0.255 e. The van der Waals surface area contributed by atoms with E-state index in [1.807, 2.05) is 6.07 Å². The van der Waals surface area contributed by atoms with Gasteiger partial charge in [0.2, 0.25) is 0 Å². The number of ether oxygens (including phenoxy) is 1. The van der Waals surface area contributed by atoms with Gasteiger partial charge in [-0.2, -0.15) is 5.26 Å². The van der Waals surface area contributed by atoms with Crippen LogP contribution in [0, 0.1) is 17.1 Å². The highest BCUT2D eigenvalue weighted by molar-refractivity contribution is 6.04. The van der Waals surface area contributed by atoms with Crippen molar-refractivity contribution in [3.05, 3.63) is 95.3 Å². The molecule has 3 aromatic rings. The molecule has 0 spiro atoms. The Morgan fingerprint density at radius 2 is 1.77 bits per heavy atom. The average molecular weight is 346 g/mol. The zero-order valence-corrected chi connectivity index (χ0v) is 13.8. The highest BCUT2D eigenvalue weighted by Crippen LogP contribution is 2.17. The molecular formula is C21H15FN2O2. The molecule has 0 saturated heterocycles. The van der Waals surface area contributed by atoms with Crippen molar-refractivity contribution in [2.75, 3.05) is 5.32 Å². The summed E-state index contributed by atoms with van der Waals surface area (Å²) in [5, 5.41) is 11.6. The lowest BCUT2D eigenvalue weighted by Crippen LogP contribution is -2.12. The van der Waals surface area contributed by atoms with Gasteiger partial charge < -0.3 is 10.1 Å². The first-order valence-electron chi connectivity index (χ1n) is 7.93. The Morgan fingerprint density at radius 1 is 1.04 bits per heavy atom. The fourth-order valence-corrected chi connectivity index (χ4v) is 2.31. The van der Waals surface area contributed by atoms with Crippen LogP contribution in [0.1, 0.15) is 21.5 Å². The van der Waals surface area contributed by atoms with Gasteiger partial charge >= 0.3 is 0 Å². The van der Waals surface area contributed by atoms with E-state index in [0.717, 1.165) is 5.56 Å². The van der Waals surface area contributed by atoms with E-state index in [9.17, 15) is 9.18 Å². The van der Waals surface area contributed by atoms with Crippen LogP contribution in [-0.4, -0.2) is 5.91 Å². The first-order chi connectivity index (χ1) is 12.6. The number of hydrogen-bond acceptors (Lipinski definition) is 3. The molecule has 0 aromatic heterocycles. The molecule has 5 heteroatoms. The van der Waals surface area contributed by atoms with Gasteiger partial charge in [-0.3, -0.25) is 4.79 Å². The third kappa shape index (κ3) is 4.46. The van der Waals surface area contributed by atoms with Crippen LogP contribution in [0.2, 0.25) is 0 Å². The van der Waals surface area contributed by atoms with Crippen LogP contribution in [0.4, 0.5) is 10.1 Å². The van der Waals surface area contributed by atoms with Crippen LogP contribution >= 0.6 is 0 Å². The van der Waals surface area contributed by atoms with Gasteiger partial charge in [0.1, 0.15) is 18.2 Å². The summed E-state index contributed by atoms with van der Waals surface area (Å²) >= 11 is 0. The van der Waals surface area contributed by atoms with Gasteiger partial charge in [-0.15, -0.1) is 0 Å². The maximum absolute atomic E-state index is 12.9. The van der Waals surface area contributed by atoms with Crippen LogP contribution in [-0.2, 0) is 6.61 Å². The fourth-order valence-electron chi connectivity index (χ4n) is 2.31. The monoisotopic (exact) mass is 346 g/mol. The summed E-state index contributed by atoms with van der Waals surface area (Å²) in [4.78, 5) is 12.4. The molecule has 0 unspecified atom stereocenters. The van der Waals surface area contributed by atoms with E-state index >= 15 is 0 Å². The number of benzene rings is 3. The van der Waals surface area contributed by atoms with Gasteiger partial charge in [0.25, 0.3) is 5.91 Å². The van der Waals surface area contributed by atoms with Crippen molar-refractivity contribution in [2.24, 2.45) is 0 Å². The quantitative estimate of drug-likeness (QED) is 0.738. The molecular weight excluding hydrogens is 331 g/mol. The van der Waals surface area contributed by atoms with Crippen molar-refractivity contribution >= 4 is 11.6 Å². The van der Waals surface area contributed by atoms with E-state index in [0.29, 0.717) is 22.6 Å². The molecule has 0 aliphatic carbocycles. The molecule has 0 heterocycles.